The predicted octanol–water partition coefficient (Wildman–Crippen LogP) is 3.70. The largest absolute Gasteiger partial charge is 0.460 e. The molecule has 1 fully saturated rings. The smallest absolute Gasteiger partial charge is 0.309 e. The average molecular weight is 339 g/mol. The van der Waals surface area contributed by atoms with E-state index in [1.165, 1.54) is 0 Å². The lowest BCUT2D eigenvalue weighted by atomic mass is 9.96. The second-order valence-electron chi connectivity index (χ2n) is 7.42. The summed E-state index contributed by atoms with van der Waals surface area (Å²) < 4.78 is 5.51. The van der Waals surface area contributed by atoms with E-state index in [1.54, 1.807) is 12.4 Å². The maximum absolute atomic E-state index is 12.2. The Morgan fingerprint density at radius 1 is 1.12 bits per heavy atom. The summed E-state index contributed by atoms with van der Waals surface area (Å²) in [6.45, 7) is 7.30. The Morgan fingerprint density at radius 3 is 2.44 bits per heavy atom. The zero-order valence-corrected chi connectivity index (χ0v) is 15.1. The number of carbonyl (C=O) groups is 1. The maximum atomic E-state index is 12.2. The number of anilines is 1. The maximum Gasteiger partial charge on any atom is 0.309 e. The van der Waals surface area contributed by atoms with E-state index in [0.717, 1.165) is 43.0 Å². The number of piperidine rings is 1. The molecule has 0 amide bonds. The van der Waals surface area contributed by atoms with Crippen molar-refractivity contribution in [1.29, 1.82) is 0 Å². The summed E-state index contributed by atoms with van der Waals surface area (Å²) in [5.41, 5.74) is 1.50. The van der Waals surface area contributed by atoms with Crippen LogP contribution in [0, 0.1) is 5.92 Å². The van der Waals surface area contributed by atoms with Crippen molar-refractivity contribution >= 4 is 11.8 Å². The van der Waals surface area contributed by atoms with Gasteiger partial charge in [-0.25, -0.2) is 4.98 Å². The van der Waals surface area contributed by atoms with Crippen LogP contribution in [0.25, 0.3) is 11.3 Å². The zero-order valence-electron chi connectivity index (χ0n) is 15.1. The van der Waals surface area contributed by atoms with Gasteiger partial charge < -0.3 is 9.64 Å². The van der Waals surface area contributed by atoms with Gasteiger partial charge in [-0.05, 0) is 33.6 Å². The fraction of sp³-hybridized carbons (Fsp3) is 0.450. The van der Waals surface area contributed by atoms with Gasteiger partial charge in [0.1, 0.15) is 11.4 Å². The first-order chi connectivity index (χ1) is 11.9. The third-order valence-electron chi connectivity index (χ3n) is 4.25. The van der Waals surface area contributed by atoms with E-state index < -0.39 is 5.60 Å². The monoisotopic (exact) mass is 339 g/mol. The van der Waals surface area contributed by atoms with Gasteiger partial charge in [0.25, 0.3) is 0 Å². The van der Waals surface area contributed by atoms with Crippen LogP contribution in [0.3, 0.4) is 0 Å². The predicted molar refractivity (Wildman–Crippen MR) is 98.3 cm³/mol. The zero-order chi connectivity index (χ0) is 17.9. The number of hydrogen-bond donors (Lipinski definition) is 0. The molecule has 1 saturated heterocycles. The molecule has 5 nitrogen and oxygen atoms in total. The van der Waals surface area contributed by atoms with E-state index in [1.807, 2.05) is 51.1 Å². The molecule has 132 valence electrons. The summed E-state index contributed by atoms with van der Waals surface area (Å²) in [7, 11) is 0. The molecule has 2 aromatic rings. The highest BCUT2D eigenvalue weighted by Gasteiger charge is 2.29. The number of ether oxygens (including phenoxy) is 1. The van der Waals surface area contributed by atoms with E-state index >= 15 is 0 Å². The van der Waals surface area contributed by atoms with Crippen LogP contribution in [0.2, 0.25) is 0 Å². The van der Waals surface area contributed by atoms with E-state index in [9.17, 15) is 4.79 Å². The SMILES string of the molecule is CC(C)(C)OC(=O)C1CCN(c2cncc(-c3ccccc3)n2)CC1. The van der Waals surface area contributed by atoms with Crippen molar-refractivity contribution in [2.45, 2.75) is 39.2 Å². The van der Waals surface area contributed by atoms with Gasteiger partial charge in [-0.3, -0.25) is 9.78 Å². The topological polar surface area (TPSA) is 55.3 Å². The highest BCUT2D eigenvalue weighted by Crippen LogP contribution is 2.25. The normalized spacial score (nSPS) is 15.9. The van der Waals surface area contributed by atoms with E-state index in [2.05, 4.69) is 9.88 Å². The fourth-order valence-corrected chi connectivity index (χ4v) is 2.99. The summed E-state index contributed by atoms with van der Waals surface area (Å²) in [4.78, 5) is 23.5. The van der Waals surface area contributed by atoms with E-state index in [0.29, 0.717) is 0 Å². The van der Waals surface area contributed by atoms with Crippen molar-refractivity contribution in [3.63, 3.8) is 0 Å². The highest BCUT2D eigenvalue weighted by atomic mass is 16.6. The summed E-state index contributed by atoms with van der Waals surface area (Å²) in [5.74, 6) is 0.751. The number of aromatic nitrogens is 2. The first-order valence-corrected chi connectivity index (χ1v) is 8.78. The van der Waals surface area contributed by atoms with E-state index in [-0.39, 0.29) is 11.9 Å². The standard InChI is InChI=1S/C20H25N3O2/c1-20(2,3)25-19(24)16-9-11-23(12-10-16)18-14-21-13-17(22-18)15-7-5-4-6-8-15/h4-8,13-14,16H,9-12H2,1-3H3. The summed E-state index contributed by atoms with van der Waals surface area (Å²) in [6, 6.07) is 10.0. The van der Waals surface area contributed by atoms with Gasteiger partial charge in [-0.15, -0.1) is 0 Å². The molecule has 0 spiro atoms. The quantitative estimate of drug-likeness (QED) is 0.798. The van der Waals surface area contributed by atoms with Crippen LogP contribution in [-0.4, -0.2) is 34.6 Å². The Kier molecular flexibility index (Phi) is 5.02. The molecule has 2 heterocycles. The van der Waals surface area contributed by atoms with Gasteiger partial charge in [0.2, 0.25) is 0 Å². The minimum atomic E-state index is -0.427. The van der Waals surface area contributed by atoms with Crippen LogP contribution in [0.5, 0.6) is 0 Å². The van der Waals surface area contributed by atoms with Crippen LogP contribution >= 0.6 is 0 Å². The molecule has 0 radical (unpaired) electrons. The number of benzene rings is 1. The second kappa shape index (κ2) is 7.21. The molecule has 0 unspecified atom stereocenters. The molecule has 1 aromatic carbocycles. The van der Waals surface area contributed by atoms with Crippen LogP contribution < -0.4 is 4.90 Å². The number of nitrogens with zero attached hydrogens (tertiary/aromatic N) is 3. The lowest BCUT2D eigenvalue weighted by Gasteiger charge is -2.33. The van der Waals surface area contributed by atoms with Crippen molar-refractivity contribution in [3.8, 4) is 11.3 Å². The molecule has 0 atom stereocenters. The Bertz CT molecular complexity index is 717. The third kappa shape index (κ3) is 4.56. The summed E-state index contributed by atoms with van der Waals surface area (Å²) >= 11 is 0. The number of carbonyl (C=O) groups excluding carboxylic acids is 1. The lowest BCUT2D eigenvalue weighted by Crippen LogP contribution is -2.39. The first-order valence-electron chi connectivity index (χ1n) is 8.78. The van der Waals surface area contributed by atoms with Crippen molar-refractivity contribution in [2.24, 2.45) is 5.92 Å². The molecular formula is C20H25N3O2. The van der Waals surface area contributed by atoms with Gasteiger partial charge in [-0.1, -0.05) is 30.3 Å². The molecule has 1 aromatic heterocycles. The molecule has 1 aliphatic heterocycles. The van der Waals surface area contributed by atoms with E-state index in [4.69, 9.17) is 9.72 Å². The molecule has 1 aliphatic rings. The second-order valence-corrected chi connectivity index (χ2v) is 7.42. The molecule has 3 rings (SSSR count). The van der Waals surface area contributed by atoms with Crippen LogP contribution in [0.15, 0.2) is 42.7 Å². The van der Waals surface area contributed by atoms with Crippen molar-refractivity contribution in [2.75, 3.05) is 18.0 Å². The summed E-state index contributed by atoms with van der Waals surface area (Å²) in [5, 5.41) is 0. The minimum Gasteiger partial charge on any atom is -0.460 e. The minimum absolute atomic E-state index is 0.0271. The van der Waals surface area contributed by atoms with Gasteiger partial charge in [0, 0.05) is 18.7 Å². The van der Waals surface area contributed by atoms with Gasteiger partial charge in [-0.2, -0.15) is 0 Å². The number of hydrogen-bond acceptors (Lipinski definition) is 5. The summed E-state index contributed by atoms with van der Waals surface area (Å²) in [6.07, 6.45) is 5.14. The number of rotatable bonds is 3. The Morgan fingerprint density at radius 2 is 1.80 bits per heavy atom. The van der Waals surface area contributed by atoms with Crippen LogP contribution in [0.4, 0.5) is 5.82 Å². The van der Waals surface area contributed by atoms with Crippen molar-refractivity contribution < 1.29 is 9.53 Å². The fourth-order valence-electron chi connectivity index (χ4n) is 2.99. The highest BCUT2D eigenvalue weighted by molar-refractivity contribution is 5.73. The third-order valence-corrected chi connectivity index (χ3v) is 4.25. The Hall–Kier alpha value is -2.43. The average Bonchev–Trinajstić information content (AvgIpc) is 2.61. The molecule has 25 heavy (non-hydrogen) atoms. The first kappa shape index (κ1) is 17.4. The molecule has 0 saturated carbocycles. The molecule has 0 aliphatic carbocycles. The molecular weight excluding hydrogens is 314 g/mol. The van der Waals surface area contributed by atoms with Gasteiger partial charge in [0.15, 0.2) is 0 Å². The van der Waals surface area contributed by atoms with Gasteiger partial charge in [0.05, 0.1) is 24.0 Å². The number of esters is 1. The van der Waals surface area contributed by atoms with Gasteiger partial charge >= 0.3 is 5.97 Å². The molecule has 0 N–H and O–H groups in total. The van der Waals surface area contributed by atoms with Crippen molar-refractivity contribution in [1.82, 2.24) is 9.97 Å². The Balaban J connectivity index is 1.65. The van der Waals surface area contributed by atoms with Crippen LogP contribution in [0.1, 0.15) is 33.6 Å². The molecule has 5 heteroatoms. The molecule has 0 bridgehead atoms. The lowest BCUT2D eigenvalue weighted by molar-refractivity contribution is -0.160. The van der Waals surface area contributed by atoms with Crippen molar-refractivity contribution in [3.05, 3.63) is 42.7 Å². The van der Waals surface area contributed by atoms with Crippen LogP contribution in [-0.2, 0) is 9.53 Å². The Labute approximate surface area is 149 Å².